The van der Waals surface area contributed by atoms with E-state index in [9.17, 15) is 4.79 Å². The third kappa shape index (κ3) is 2.70. The number of allylic oxidation sites excluding steroid dienone is 1. The molecule has 0 heterocycles. The molecule has 0 aromatic carbocycles. The number of hydrogen-bond donors (Lipinski definition) is 0. The first-order valence-corrected chi connectivity index (χ1v) is 4.19. The van der Waals surface area contributed by atoms with E-state index in [0.717, 1.165) is 6.42 Å². The maximum absolute atomic E-state index is 10.6. The van der Waals surface area contributed by atoms with Gasteiger partial charge < -0.3 is 9.47 Å². The molecule has 3 heteroatoms. The summed E-state index contributed by atoms with van der Waals surface area (Å²) in [6, 6.07) is 0. The summed E-state index contributed by atoms with van der Waals surface area (Å²) in [5.74, 6) is 0.305. The van der Waals surface area contributed by atoms with Crippen molar-refractivity contribution in [3.05, 3.63) is 24.0 Å². The number of ether oxygens (including phenoxy) is 2. The lowest BCUT2D eigenvalue weighted by Crippen LogP contribution is -2.25. The highest BCUT2D eigenvalue weighted by Gasteiger charge is 2.22. The maximum Gasteiger partial charge on any atom is 0.308 e. The number of carbonyl (C=O) groups is 1. The van der Waals surface area contributed by atoms with Gasteiger partial charge in [-0.05, 0) is 25.2 Å². The Morgan fingerprint density at radius 2 is 2.31 bits per heavy atom. The third-order valence-electron chi connectivity index (χ3n) is 2.04. The number of carbonyl (C=O) groups excluding carboxylic acids is 1. The lowest BCUT2D eigenvalue weighted by molar-refractivity contribution is -0.136. The van der Waals surface area contributed by atoms with Gasteiger partial charge in [-0.3, -0.25) is 4.79 Å². The van der Waals surface area contributed by atoms with E-state index in [1.165, 1.54) is 6.92 Å². The topological polar surface area (TPSA) is 35.5 Å². The van der Waals surface area contributed by atoms with E-state index in [4.69, 9.17) is 9.47 Å². The van der Waals surface area contributed by atoms with E-state index in [1.807, 2.05) is 19.1 Å². The van der Waals surface area contributed by atoms with E-state index in [1.54, 1.807) is 13.2 Å². The van der Waals surface area contributed by atoms with Gasteiger partial charge in [-0.1, -0.05) is 0 Å². The fraction of sp³-hybridized carbons (Fsp3) is 0.500. The molecule has 0 aliphatic heterocycles. The van der Waals surface area contributed by atoms with Gasteiger partial charge in [0, 0.05) is 20.5 Å². The predicted octanol–water partition coefficient (Wildman–Crippen LogP) is 1.80. The van der Waals surface area contributed by atoms with Gasteiger partial charge in [0.25, 0.3) is 0 Å². The summed E-state index contributed by atoms with van der Waals surface area (Å²) in [6.45, 7) is 3.36. The smallest absolute Gasteiger partial charge is 0.308 e. The van der Waals surface area contributed by atoms with Crippen LogP contribution in [-0.2, 0) is 14.3 Å². The number of rotatable bonds is 2. The van der Waals surface area contributed by atoms with Crippen molar-refractivity contribution in [1.29, 1.82) is 0 Å². The molecular weight excluding hydrogens is 168 g/mol. The largest absolute Gasteiger partial charge is 0.427 e. The fourth-order valence-electron chi connectivity index (χ4n) is 1.09. The van der Waals surface area contributed by atoms with Crippen molar-refractivity contribution in [2.75, 3.05) is 7.11 Å². The molecular formula is C10H14O3. The van der Waals surface area contributed by atoms with Crippen LogP contribution in [-0.4, -0.2) is 18.7 Å². The van der Waals surface area contributed by atoms with Gasteiger partial charge in [0.15, 0.2) is 0 Å². The van der Waals surface area contributed by atoms with Crippen molar-refractivity contribution in [2.45, 2.75) is 25.9 Å². The Morgan fingerprint density at radius 3 is 2.69 bits per heavy atom. The highest BCUT2D eigenvalue weighted by molar-refractivity contribution is 5.67. The molecule has 0 fully saturated rings. The summed E-state index contributed by atoms with van der Waals surface area (Å²) in [7, 11) is 1.66. The van der Waals surface area contributed by atoms with Crippen LogP contribution in [0.2, 0.25) is 0 Å². The van der Waals surface area contributed by atoms with E-state index < -0.39 is 0 Å². The summed E-state index contributed by atoms with van der Waals surface area (Å²) in [4.78, 5) is 10.6. The molecule has 1 atom stereocenters. The summed E-state index contributed by atoms with van der Waals surface area (Å²) in [6.07, 6.45) is 6.23. The van der Waals surface area contributed by atoms with Crippen molar-refractivity contribution in [3.8, 4) is 0 Å². The van der Waals surface area contributed by atoms with E-state index in [0.29, 0.717) is 5.76 Å². The quantitative estimate of drug-likeness (QED) is 0.611. The minimum Gasteiger partial charge on any atom is -0.427 e. The molecule has 0 spiro atoms. The van der Waals surface area contributed by atoms with Crippen molar-refractivity contribution in [3.63, 3.8) is 0 Å². The molecule has 0 saturated carbocycles. The first kappa shape index (κ1) is 9.99. The van der Waals surface area contributed by atoms with Crippen LogP contribution in [0.1, 0.15) is 20.3 Å². The third-order valence-corrected chi connectivity index (χ3v) is 2.04. The van der Waals surface area contributed by atoms with E-state index in [2.05, 4.69) is 0 Å². The zero-order chi connectivity index (χ0) is 9.90. The molecule has 0 radical (unpaired) electrons. The molecule has 0 bridgehead atoms. The first-order valence-electron chi connectivity index (χ1n) is 4.19. The second kappa shape index (κ2) is 3.75. The van der Waals surface area contributed by atoms with Crippen LogP contribution in [0, 0.1) is 0 Å². The molecule has 1 aliphatic rings. The highest BCUT2D eigenvalue weighted by atomic mass is 16.5. The number of hydrogen-bond acceptors (Lipinski definition) is 3. The van der Waals surface area contributed by atoms with Crippen molar-refractivity contribution >= 4 is 5.97 Å². The molecule has 0 aromatic heterocycles. The summed E-state index contributed by atoms with van der Waals surface area (Å²) < 4.78 is 10.2. The normalized spacial score (nSPS) is 26.8. The van der Waals surface area contributed by atoms with Gasteiger partial charge in [-0.25, -0.2) is 0 Å². The Hall–Kier alpha value is -1.09. The molecule has 1 unspecified atom stereocenters. The van der Waals surface area contributed by atoms with Gasteiger partial charge in [0.1, 0.15) is 5.76 Å². The van der Waals surface area contributed by atoms with Crippen molar-refractivity contribution < 1.29 is 14.3 Å². The van der Waals surface area contributed by atoms with Gasteiger partial charge in [0.05, 0.1) is 5.60 Å². The Kier molecular flexibility index (Phi) is 2.88. The summed E-state index contributed by atoms with van der Waals surface area (Å²) >= 11 is 0. The summed E-state index contributed by atoms with van der Waals surface area (Å²) in [5.41, 5.74) is -0.260. The Balaban J connectivity index is 2.59. The van der Waals surface area contributed by atoms with Crippen molar-refractivity contribution in [1.82, 2.24) is 0 Å². The maximum atomic E-state index is 10.6. The van der Waals surface area contributed by atoms with Gasteiger partial charge in [-0.2, -0.15) is 0 Å². The zero-order valence-electron chi connectivity index (χ0n) is 8.16. The second-order valence-electron chi connectivity index (χ2n) is 3.25. The SMILES string of the molecule is COC1(C)C=CC(OC(C)=O)=CC1. The van der Waals surface area contributed by atoms with Crippen LogP contribution < -0.4 is 0 Å². The lowest BCUT2D eigenvalue weighted by atomic mass is 9.97. The molecule has 72 valence electrons. The van der Waals surface area contributed by atoms with Crippen LogP contribution in [0.15, 0.2) is 24.0 Å². The van der Waals surface area contributed by atoms with Crippen LogP contribution in [0.25, 0.3) is 0 Å². The lowest BCUT2D eigenvalue weighted by Gasteiger charge is -2.25. The van der Waals surface area contributed by atoms with Gasteiger partial charge in [-0.15, -0.1) is 0 Å². The van der Waals surface area contributed by atoms with Crippen molar-refractivity contribution in [2.24, 2.45) is 0 Å². The van der Waals surface area contributed by atoms with E-state index in [-0.39, 0.29) is 11.6 Å². The molecule has 1 rings (SSSR count). The standard InChI is InChI=1S/C10H14O3/c1-8(11)13-9-4-6-10(2,12-3)7-5-9/h4-6H,7H2,1-3H3. The Bertz CT molecular complexity index is 265. The van der Waals surface area contributed by atoms with Crippen LogP contribution in [0.4, 0.5) is 0 Å². The average Bonchev–Trinajstić information content (AvgIpc) is 2.09. The molecule has 0 amide bonds. The molecule has 0 aromatic rings. The van der Waals surface area contributed by atoms with Crippen LogP contribution in [0.3, 0.4) is 0 Å². The van der Waals surface area contributed by atoms with E-state index >= 15 is 0 Å². The van der Waals surface area contributed by atoms with Gasteiger partial charge in [0.2, 0.25) is 0 Å². The minimum atomic E-state index is -0.295. The number of methoxy groups -OCH3 is 1. The monoisotopic (exact) mass is 182 g/mol. The second-order valence-corrected chi connectivity index (χ2v) is 3.25. The highest BCUT2D eigenvalue weighted by Crippen LogP contribution is 2.23. The zero-order valence-corrected chi connectivity index (χ0v) is 8.16. The minimum absolute atomic E-state index is 0.260. The molecule has 0 saturated heterocycles. The Labute approximate surface area is 78.0 Å². The molecule has 3 nitrogen and oxygen atoms in total. The molecule has 0 N–H and O–H groups in total. The Morgan fingerprint density at radius 1 is 1.62 bits per heavy atom. The predicted molar refractivity (Wildman–Crippen MR) is 49.0 cm³/mol. The fourth-order valence-corrected chi connectivity index (χ4v) is 1.09. The first-order chi connectivity index (χ1) is 6.06. The van der Waals surface area contributed by atoms with Gasteiger partial charge >= 0.3 is 5.97 Å². The molecule has 1 aliphatic carbocycles. The molecule has 13 heavy (non-hydrogen) atoms. The number of esters is 1. The van der Waals surface area contributed by atoms with Crippen LogP contribution >= 0.6 is 0 Å². The van der Waals surface area contributed by atoms with Crippen LogP contribution in [0.5, 0.6) is 0 Å². The summed E-state index contributed by atoms with van der Waals surface area (Å²) in [5, 5.41) is 0. The average molecular weight is 182 g/mol.